The van der Waals surface area contributed by atoms with Gasteiger partial charge in [0, 0.05) is 13.2 Å². The summed E-state index contributed by atoms with van der Waals surface area (Å²) in [5.41, 5.74) is 1.34. The molecule has 0 aromatic heterocycles. The summed E-state index contributed by atoms with van der Waals surface area (Å²) in [4.78, 5) is 0. The van der Waals surface area contributed by atoms with Crippen LogP contribution < -0.4 is 0 Å². The molecule has 0 N–H and O–H groups in total. The normalized spacial score (nSPS) is 22.2. The second-order valence-electron chi connectivity index (χ2n) is 18.0. The summed E-state index contributed by atoms with van der Waals surface area (Å²) in [5.74, 6) is 1.75. The molecule has 6 atom stereocenters. The van der Waals surface area contributed by atoms with Crippen molar-refractivity contribution in [3.63, 3.8) is 0 Å². The van der Waals surface area contributed by atoms with Crippen LogP contribution in [0, 0.1) is 17.8 Å². The molecule has 0 spiro atoms. The van der Waals surface area contributed by atoms with Crippen molar-refractivity contribution in [2.75, 3.05) is 13.2 Å². The molecule has 2 rings (SSSR count). The molecule has 0 bridgehead atoms. The Hall–Kier alpha value is -0.506. The molecule has 1 saturated heterocycles. The number of hydrogen-bond acceptors (Lipinski definition) is 4. The van der Waals surface area contributed by atoms with Crippen LogP contribution in [0.3, 0.4) is 0 Å². The maximum absolute atomic E-state index is 6.60. The van der Waals surface area contributed by atoms with Crippen LogP contribution in [0.5, 0.6) is 0 Å². The Kier molecular flexibility index (Phi) is 15.6. The van der Waals surface area contributed by atoms with Gasteiger partial charge in [-0.15, -0.1) is 0 Å². The molecule has 1 aliphatic rings. The molecule has 4 nitrogen and oxygen atoms in total. The molecular formula is C39H74O4Si2. The van der Waals surface area contributed by atoms with Gasteiger partial charge in [-0.05, 0) is 111 Å². The van der Waals surface area contributed by atoms with Crippen LogP contribution in [-0.2, 0) is 24.9 Å². The van der Waals surface area contributed by atoms with Gasteiger partial charge >= 0.3 is 0 Å². The number of rotatable bonds is 21. The summed E-state index contributed by atoms with van der Waals surface area (Å²) in [6.45, 7) is 35.2. The Morgan fingerprint density at radius 1 is 0.778 bits per heavy atom. The van der Waals surface area contributed by atoms with Crippen molar-refractivity contribution in [2.45, 2.75) is 181 Å². The third kappa shape index (κ3) is 13.9. The molecule has 0 saturated carbocycles. The second kappa shape index (κ2) is 17.2. The molecule has 1 heterocycles. The quantitative estimate of drug-likeness (QED) is 0.0970. The Labute approximate surface area is 282 Å². The van der Waals surface area contributed by atoms with E-state index in [0.717, 1.165) is 26.1 Å². The van der Waals surface area contributed by atoms with Crippen LogP contribution in [-0.4, -0.2) is 47.7 Å². The summed E-state index contributed by atoms with van der Waals surface area (Å²) < 4.78 is 25.9. The molecule has 1 fully saturated rings. The summed E-state index contributed by atoms with van der Waals surface area (Å²) in [6, 6.07) is 10.6. The summed E-state index contributed by atoms with van der Waals surface area (Å²) in [7, 11) is -3.39. The van der Waals surface area contributed by atoms with Crippen LogP contribution >= 0.6 is 0 Å². The zero-order valence-corrected chi connectivity index (χ0v) is 34.2. The van der Waals surface area contributed by atoms with Crippen LogP contribution in [0.2, 0.25) is 36.3 Å². The van der Waals surface area contributed by atoms with E-state index in [2.05, 4.69) is 126 Å². The maximum Gasteiger partial charge on any atom is 0.191 e. The van der Waals surface area contributed by atoms with Gasteiger partial charge in [-0.3, -0.25) is 0 Å². The van der Waals surface area contributed by atoms with E-state index < -0.39 is 16.6 Å². The van der Waals surface area contributed by atoms with Crippen LogP contribution in [0.25, 0.3) is 0 Å². The van der Waals surface area contributed by atoms with Gasteiger partial charge in [0.25, 0.3) is 0 Å². The predicted octanol–water partition coefficient (Wildman–Crippen LogP) is 11.8. The molecular weight excluding hydrogens is 589 g/mol. The second-order valence-corrected chi connectivity index (χ2v) is 27.6. The highest BCUT2D eigenvalue weighted by atomic mass is 28.4. The molecule has 45 heavy (non-hydrogen) atoms. The highest BCUT2D eigenvalue weighted by Gasteiger charge is 2.50. The zero-order chi connectivity index (χ0) is 34.1. The van der Waals surface area contributed by atoms with Gasteiger partial charge in [0.2, 0.25) is 0 Å². The Balaban J connectivity index is 1.76. The van der Waals surface area contributed by atoms with Gasteiger partial charge in [-0.25, -0.2) is 0 Å². The summed E-state index contributed by atoms with van der Waals surface area (Å²) >= 11 is 0. The van der Waals surface area contributed by atoms with Crippen molar-refractivity contribution in [3.8, 4) is 0 Å². The van der Waals surface area contributed by atoms with E-state index in [-0.39, 0.29) is 21.8 Å². The van der Waals surface area contributed by atoms with E-state index >= 15 is 0 Å². The minimum Gasteiger partial charge on any atom is -0.417 e. The Morgan fingerprint density at radius 2 is 1.38 bits per heavy atom. The lowest BCUT2D eigenvalue weighted by Crippen LogP contribution is -2.41. The van der Waals surface area contributed by atoms with Crippen molar-refractivity contribution < 1.29 is 18.3 Å². The lowest BCUT2D eigenvalue weighted by atomic mass is 9.89. The first-order valence-corrected chi connectivity index (χ1v) is 24.1. The van der Waals surface area contributed by atoms with Gasteiger partial charge < -0.3 is 18.3 Å². The molecule has 1 unspecified atom stereocenters. The fourth-order valence-electron chi connectivity index (χ4n) is 5.57. The van der Waals surface area contributed by atoms with E-state index in [1.807, 2.05) is 0 Å². The number of ether oxygens (including phenoxy) is 2. The minimum absolute atomic E-state index is 0.0831. The van der Waals surface area contributed by atoms with Crippen LogP contribution in [0.4, 0.5) is 0 Å². The van der Waals surface area contributed by atoms with Crippen molar-refractivity contribution in [3.05, 3.63) is 35.9 Å². The SMILES string of the molecule is C[C@@H](CCC(OCc1ccccc1)[C@H](C)CCO[Si](C)(C)C(C)(C)C)CC[C@H]1O[C@@]1(C)CCC[C@@H](C)CO[Si](C)(C)C(C)(C)C. The fraction of sp³-hybridized carbons (Fsp3) is 0.846. The van der Waals surface area contributed by atoms with E-state index in [4.69, 9.17) is 18.3 Å². The topological polar surface area (TPSA) is 40.2 Å². The van der Waals surface area contributed by atoms with Gasteiger partial charge in [0.1, 0.15) is 0 Å². The van der Waals surface area contributed by atoms with Gasteiger partial charge in [-0.1, -0.05) is 99.1 Å². The van der Waals surface area contributed by atoms with Crippen LogP contribution in [0.1, 0.15) is 126 Å². The smallest absolute Gasteiger partial charge is 0.191 e. The van der Waals surface area contributed by atoms with E-state index in [9.17, 15) is 0 Å². The largest absolute Gasteiger partial charge is 0.417 e. The number of hydrogen-bond donors (Lipinski definition) is 0. The molecule has 0 aliphatic carbocycles. The monoisotopic (exact) mass is 663 g/mol. The van der Waals surface area contributed by atoms with E-state index in [1.54, 1.807) is 0 Å². The van der Waals surface area contributed by atoms with E-state index in [1.165, 1.54) is 44.1 Å². The molecule has 1 aromatic carbocycles. The molecule has 0 amide bonds. The number of epoxide rings is 1. The lowest BCUT2D eigenvalue weighted by molar-refractivity contribution is -0.00885. The van der Waals surface area contributed by atoms with Gasteiger partial charge in [0.15, 0.2) is 16.6 Å². The average molecular weight is 663 g/mol. The minimum atomic E-state index is -1.73. The first-order valence-electron chi connectivity index (χ1n) is 18.3. The first-order chi connectivity index (χ1) is 20.7. The fourth-order valence-corrected chi connectivity index (χ4v) is 7.76. The van der Waals surface area contributed by atoms with Gasteiger partial charge in [-0.2, -0.15) is 0 Å². The highest BCUT2D eigenvalue weighted by Crippen LogP contribution is 2.44. The van der Waals surface area contributed by atoms with Gasteiger partial charge in [0.05, 0.1) is 24.4 Å². The van der Waals surface area contributed by atoms with Crippen molar-refractivity contribution in [2.24, 2.45) is 17.8 Å². The highest BCUT2D eigenvalue weighted by molar-refractivity contribution is 6.74. The predicted molar refractivity (Wildman–Crippen MR) is 199 cm³/mol. The average Bonchev–Trinajstić information content (AvgIpc) is 3.59. The van der Waals surface area contributed by atoms with Crippen molar-refractivity contribution in [1.82, 2.24) is 0 Å². The maximum atomic E-state index is 6.60. The zero-order valence-electron chi connectivity index (χ0n) is 32.2. The Bertz CT molecular complexity index is 967. The molecule has 1 aromatic rings. The summed E-state index contributed by atoms with van der Waals surface area (Å²) in [6.07, 6.45) is 10.0. The van der Waals surface area contributed by atoms with Crippen LogP contribution in [0.15, 0.2) is 30.3 Å². The molecule has 0 radical (unpaired) electrons. The van der Waals surface area contributed by atoms with Crippen molar-refractivity contribution in [1.29, 1.82) is 0 Å². The molecule has 1 aliphatic heterocycles. The molecule has 262 valence electrons. The lowest BCUT2D eigenvalue weighted by Gasteiger charge is -2.37. The van der Waals surface area contributed by atoms with E-state index in [0.29, 0.717) is 30.5 Å². The van der Waals surface area contributed by atoms with Crippen molar-refractivity contribution >= 4 is 16.6 Å². The summed E-state index contributed by atoms with van der Waals surface area (Å²) in [5, 5.41) is 0.522. The Morgan fingerprint density at radius 3 is 1.98 bits per heavy atom. The standard InChI is InChI=1S/C39H74O4Si2/c1-31(23-25-36-39(10,43-36)27-18-19-32(2)29-42-45(13,14)38(7,8)9)22-24-35(40-30-34-20-16-15-17-21-34)33(3)26-28-41-44(11,12)37(4,5)6/h15-17,20-21,31-33,35-36H,18-19,22-30H2,1-14H3/t31-,32+,33+,35?,36+,39-/m0/s1. The first kappa shape index (κ1) is 40.7. The third-order valence-corrected chi connectivity index (χ3v) is 20.6. The third-order valence-electron chi connectivity index (χ3n) is 11.6. The number of benzene rings is 1. The molecule has 6 heteroatoms.